The lowest BCUT2D eigenvalue weighted by Gasteiger charge is -2.03. The number of Topliss-reactive ketones (excluding diaryl/α,β-unsaturated/α-hetero) is 1. The third kappa shape index (κ3) is 2.56. The highest BCUT2D eigenvalue weighted by Crippen LogP contribution is 2.17. The number of aryl methyl sites for hydroxylation is 2. The summed E-state index contributed by atoms with van der Waals surface area (Å²) < 4.78 is 1.51. The Kier molecular flexibility index (Phi) is 3.29. The number of carbonyl (C=O) groups is 1. The average molecular weight is 249 g/mol. The number of hydrogen-bond donors (Lipinski definition) is 0. The zero-order chi connectivity index (χ0) is 12.4. The first-order valence-electron chi connectivity index (χ1n) is 5.34. The van der Waals surface area contributed by atoms with Gasteiger partial charge in [-0.1, -0.05) is 41.4 Å². The molecule has 0 aliphatic heterocycles. The first kappa shape index (κ1) is 11.9. The van der Waals surface area contributed by atoms with E-state index in [9.17, 15) is 4.79 Å². The minimum Gasteiger partial charge on any atom is -0.292 e. The third-order valence-electron chi connectivity index (χ3n) is 2.61. The molecule has 1 aromatic heterocycles. The number of ketones is 1. The number of rotatable bonds is 3. The van der Waals surface area contributed by atoms with E-state index in [0.29, 0.717) is 17.1 Å². The molecule has 0 saturated heterocycles. The summed E-state index contributed by atoms with van der Waals surface area (Å²) in [6.45, 7) is 2.00. The van der Waals surface area contributed by atoms with Gasteiger partial charge >= 0.3 is 0 Å². The lowest BCUT2D eigenvalue weighted by atomic mass is 10.0. The lowest BCUT2D eigenvalue weighted by molar-refractivity contribution is 0.0984. The highest BCUT2D eigenvalue weighted by Gasteiger charge is 2.15. The second-order valence-corrected chi connectivity index (χ2v) is 4.46. The molecule has 0 atom stereocenters. The van der Waals surface area contributed by atoms with Crippen LogP contribution in [-0.2, 0) is 13.5 Å². The predicted molar refractivity (Wildman–Crippen MR) is 67.4 cm³/mol. The summed E-state index contributed by atoms with van der Waals surface area (Å²) in [4.78, 5) is 12.1. The molecular weight excluding hydrogens is 236 g/mol. The van der Waals surface area contributed by atoms with Gasteiger partial charge in [0, 0.05) is 13.5 Å². The van der Waals surface area contributed by atoms with Crippen LogP contribution in [0.4, 0.5) is 0 Å². The van der Waals surface area contributed by atoms with Crippen molar-refractivity contribution in [1.29, 1.82) is 0 Å². The van der Waals surface area contributed by atoms with E-state index in [1.54, 1.807) is 7.05 Å². The van der Waals surface area contributed by atoms with Crippen LogP contribution < -0.4 is 0 Å². The van der Waals surface area contributed by atoms with Gasteiger partial charge in [0.05, 0.1) is 11.2 Å². The Bertz CT molecular complexity index is 541. The van der Waals surface area contributed by atoms with E-state index in [1.165, 1.54) is 10.9 Å². The monoisotopic (exact) mass is 248 g/mol. The zero-order valence-corrected chi connectivity index (χ0v) is 10.5. The quantitative estimate of drug-likeness (QED) is 0.783. The Morgan fingerprint density at radius 3 is 2.82 bits per heavy atom. The number of benzene rings is 1. The molecule has 3 nitrogen and oxygen atoms in total. The summed E-state index contributed by atoms with van der Waals surface area (Å²) in [6, 6.07) is 7.89. The molecule has 0 radical (unpaired) electrons. The summed E-state index contributed by atoms with van der Waals surface area (Å²) in [5.74, 6) is -0.0133. The standard InChI is InChI=1S/C13H13ClN2O/c1-9-4-3-5-10(6-9)7-12(17)13-11(14)8-15-16(13)2/h3-6,8H,7H2,1-2H3. The van der Waals surface area contributed by atoms with Gasteiger partial charge in [0.15, 0.2) is 5.78 Å². The number of hydrogen-bond acceptors (Lipinski definition) is 2. The molecule has 0 saturated carbocycles. The van der Waals surface area contributed by atoms with E-state index in [1.807, 2.05) is 31.2 Å². The summed E-state index contributed by atoms with van der Waals surface area (Å²) in [6.07, 6.45) is 1.84. The molecule has 1 heterocycles. The maximum absolute atomic E-state index is 12.1. The molecule has 1 aromatic carbocycles. The van der Waals surface area contributed by atoms with Crippen LogP contribution in [0.5, 0.6) is 0 Å². The highest BCUT2D eigenvalue weighted by molar-refractivity contribution is 6.33. The van der Waals surface area contributed by atoms with Gasteiger partial charge in [0.1, 0.15) is 5.69 Å². The fraction of sp³-hybridized carbons (Fsp3) is 0.231. The smallest absolute Gasteiger partial charge is 0.186 e. The largest absolute Gasteiger partial charge is 0.292 e. The molecule has 88 valence electrons. The van der Waals surface area contributed by atoms with E-state index in [4.69, 9.17) is 11.6 Å². The fourth-order valence-corrected chi connectivity index (χ4v) is 2.09. The molecular formula is C13H13ClN2O. The lowest BCUT2D eigenvalue weighted by Crippen LogP contribution is -2.10. The van der Waals surface area contributed by atoms with Crippen LogP contribution in [0.15, 0.2) is 30.5 Å². The number of carbonyl (C=O) groups excluding carboxylic acids is 1. The SMILES string of the molecule is Cc1cccc(CC(=O)c2c(Cl)cnn2C)c1. The molecule has 0 unspecified atom stereocenters. The molecule has 0 aliphatic rings. The minimum absolute atomic E-state index is 0.0133. The molecule has 0 amide bonds. The van der Waals surface area contributed by atoms with Crippen LogP contribution in [0.2, 0.25) is 5.02 Å². The van der Waals surface area contributed by atoms with Crippen molar-refractivity contribution >= 4 is 17.4 Å². The van der Waals surface area contributed by atoms with Crippen LogP contribution in [0.3, 0.4) is 0 Å². The maximum atomic E-state index is 12.1. The van der Waals surface area contributed by atoms with E-state index in [0.717, 1.165) is 11.1 Å². The van der Waals surface area contributed by atoms with Crippen LogP contribution in [0.1, 0.15) is 21.6 Å². The minimum atomic E-state index is -0.0133. The molecule has 0 spiro atoms. The third-order valence-corrected chi connectivity index (χ3v) is 2.88. The molecule has 2 rings (SSSR count). The summed E-state index contributed by atoms with van der Waals surface area (Å²) in [5.41, 5.74) is 2.60. The summed E-state index contributed by atoms with van der Waals surface area (Å²) in [5, 5.41) is 4.37. The van der Waals surface area contributed by atoms with E-state index in [-0.39, 0.29) is 5.78 Å². The van der Waals surface area contributed by atoms with Crippen molar-refractivity contribution in [2.24, 2.45) is 7.05 Å². The molecule has 0 N–H and O–H groups in total. The Morgan fingerprint density at radius 2 is 2.24 bits per heavy atom. The molecule has 2 aromatic rings. The van der Waals surface area contributed by atoms with E-state index < -0.39 is 0 Å². The van der Waals surface area contributed by atoms with E-state index in [2.05, 4.69) is 5.10 Å². The number of halogens is 1. The topological polar surface area (TPSA) is 34.9 Å². The maximum Gasteiger partial charge on any atom is 0.186 e. The van der Waals surface area contributed by atoms with Gasteiger partial charge in [-0.05, 0) is 12.5 Å². The van der Waals surface area contributed by atoms with Gasteiger partial charge in [-0.15, -0.1) is 0 Å². The highest BCUT2D eigenvalue weighted by atomic mass is 35.5. The van der Waals surface area contributed by atoms with Gasteiger partial charge in [0.25, 0.3) is 0 Å². The predicted octanol–water partition coefficient (Wildman–Crippen LogP) is 2.81. The van der Waals surface area contributed by atoms with Gasteiger partial charge in [0.2, 0.25) is 0 Å². The second-order valence-electron chi connectivity index (χ2n) is 4.05. The van der Waals surface area contributed by atoms with Gasteiger partial charge in [-0.25, -0.2) is 0 Å². The van der Waals surface area contributed by atoms with Crippen molar-refractivity contribution < 1.29 is 4.79 Å². The number of aromatic nitrogens is 2. The van der Waals surface area contributed by atoms with Gasteiger partial charge in [-0.2, -0.15) is 5.10 Å². The van der Waals surface area contributed by atoms with Crippen LogP contribution in [0.25, 0.3) is 0 Å². The van der Waals surface area contributed by atoms with Crippen molar-refractivity contribution in [3.63, 3.8) is 0 Å². The van der Waals surface area contributed by atoms with Gasteiger partial charge < -0.3 is 0 Å². The summed E-state index contributed by atoms with van der Waals surface area (Å²) in [7, 11) is 1.72. The molecule has 4 heteroatoms. The average Bonchev–Trinajstić information content (AvgIpc) is 2.58. The molecule has 0 aliphatic carbocycles. The van der Waals surface area contributed by atoms with Crippen molar-refractivity contribution in [2.45, 2.75) is 13.3 Å². The first-order chi connectivity index (χ1) is 8.08. The van der Waals surface area contributed by atoms with Crippen LogP contribution >= 0.6 is 11.6 Å². The normalized spacial score (nSPS) is 10.5. The molecule has 0 fully saturated rings. The Balaban J connectivity index is 2.23. The Hall–Kier alpha value is -1.61. The van der Waals surface area contributed by atoms with Crippen molar-refractivity contribution in [2.75, 3.05) is 0 Å². The first-order valence-corrected chi connectivity index (χ1v) is 5.72. The fourth-order valence-electron chi connectivity index (χ4n) is 1.82. The molecule has 17 heavy (non-hydrogen) atoms. The van der Waals surface area contributed by atoms with E-state index >= 15 is 0 Å². The zero-order valence-electron chi connectivity index (χ0n) is 9.77. The van der Waals surface area contributed by atoms with Crippen LogP contribution in [-0.4, -0.2) is 15.6 Å². The van der Waals surface area contributed by atoms with Crippen molar-refractivity contribution in [1.82, 2.24) is 9.78 Å². The molecule has 0 bridgehead atoms. The van der Waals surface area contributed by atoms with Crippen molar-refractivity contribution in [3.05, 3.63) is 52.3 Å². The number of nitrogens with zero attached hydrogens (tertiary/aromatic N) is 2. The Morgan fingerprint density at radius 1 is 1.47 bits per heavy atom. The van der Waals surface area contributed by atoms with Crippen LogP contribution in [0, 0.1) is 6.92 Å². The van der Waals surface area contributed by atoms with Gasteiger partial charge in [-0.3, -0.25) is 9.48 Å². The van der Waals surface area contributed by atoms with Crippen molar-refractivity contribution in [3.8, 4) is 0 Å². The Labute approximate surface area is 105 Å². The second kappa shape index (κ2) is 4.72. The summed E-state index contributed by atoms with van der Waals surface area (Å²) >= 11 is 5.93.